The standard InChI is InChI=1S/C23H27N3O4S/c1-18(27)25-13-15-26(16-14-25)31(29,30)21-10-5-7-19(17-21)22(28)24-23(11-6-12-23)20-8-3-2-4-9-20/h2-5,7-10,17H,6,11-16H2,1H3,(H,24,28). The Kier molecular flexibility index (Phi) is 5.85. The summed E-state index contributed by atoms with van der Waals surface area (Å²) in [5.41, 5.74) is 1.00. The first-order valence-electron chi connectivity index (χ1n) is 10.6. The van der Waals surface area contributed by atoms with E-state index in [1.807, 2.05) is 30.3 Å². The summed E-state index contributed by atoms with van der Waals surface area (Å²) in [5, 5.41) is 3.15. The van der Waals surface area contributed by atoms with Gasteiger partial charge < -0.3 is 10.2 Å². The predicted molar refractivity (Wildman–Crippen MR) is 117 cm³/mol. The van der Waals surface area contributed by atoms with Crippen molar-refractivity contribution < 1.29 is 18.0 Å². The number of carbonyl (C=O) groups is 2. The first-order chi connectivity index (χ1) is 14.8. The minimum atomic E-state index is -3.74. The summed E-state index contributed by atoms with van der Waals surface area (Å²) in [5.74, 6) is -0.332. The van der Waals surface area contributed by atoms with E-state index in [4.69, 9.17) is 0 Å². The van der Waals surface area contributed by atoms with E-state index >= 15 is 0 Å². The van der Waals surface area contributed by atoms with Gasteiger partial charge in [-0.25, -0.2) is 8.42 Å². The molecule has 4 rings (SSSR count). The molecule has 1 saturated carbocycles. The first kappa shape index (κ1) is 21.5. The minimum absolute atomic E-state index is 0.0564. The summed E-state index contributed by atoms with van der Waals surface area (Å²) in [7, 11) is -3.74. The summed E-state index contributed by atoms with van der Waals surface area (Å²) in [4.78, 5) is 26.3. The van der Waals surface area contributed by atoms with E-state index in [1.165, 1.54) is 23.4 Å². The molecule has 0 spiro atoms. The molecule has 2 amide bonds. The van der Waals surface area contributed by atoms with Crippen molar-refractivity contribution in [3.8, 4) is 0 Å². The van der Waals surface area contributed by atoms with Crippen LogP contribution in [0.5, 0.6) is 0 Å². The van der Waals surface area contributed by atoms with Gasteiger partial charge in [0, 0.05) is 38.7 Å². The molecule has 1 saturated heterocycles. The van der Waals surface area contributed by atoms with Crippen LogP contribution in [0.3, 0.4) is 0 Å². The van der Waals surface area contributed by atoms with Crippen molar-refractivity contribution in [1.29, 1.82) is 0 Å². The monoisotopic (exact) mass is 441 g/mol. The molecule has 7 nitrogen and oxygen atoms in total. The molecule has 1 N–H and O–H groups in total. The minimum Gasteiger partial charge on any atom is -0.343 e. The number of nitrogens with one attached hydrogen (secondary N) is 1. The van der Waals surface area contributed by atoms with Crippen LogP contribution in [0.4, 0.5) is 0 Å². The molecule has 1 aliphatic carbocycles. The number of rotatable bonds is 5. The first-order valence-corrected chi connectivity index (χ1v) is 12.0. The van der Waals surface area contributed by atoms with Crippen molar-refractivity contribution in [1.82, 2.24) is 14.5 Å². The summed E-state index contributed by atoms with van der Waals surface area (Å²) in [6, 6.07) is 16.1. The van der Waals surface area contributed by atoms with E-state index < -0.39 is 15.6 Å². The molecule has 0 bridgehead atoms. The zero-order valence-electron chi connectivity index (χ0n) is 17.6. The van der Waals surface area contributed by atoms with Crippen molar-refractivity contribution >= 4 is 21.8 Å². The zero-order valence-corrected chi connectivity index (χ0v) is 18.4. The van der Waals surface area contributed by atoms with Crippen molar-refractivity contribution in [2.45, 2.75) is 36.6 Å². The number of piperazine rings is 1. The average molecular weight is 442 g/mol. The Morgan fingerprint density at radius 2 is 1.61 bits per heavy atom. The van der Waals surface area contributed by atoms with E-state index in [0.717, 1.165) is 24.8 Å². The second-order valence-corrected chi connectivity index (χ2v) is 10.1. The molecular weight excluding hydrogens is 414 g/mol. The highest BCUT2D eigenvalue weighted by atomic mass is 32.2. The molecule has 2 aromatic rings. The summed E-state index contributed by atoms with van der Waals surface area (Å²) < 4.78 is 27.6. The third-order valence-electron chi connectivity index (χ3n) is 6.30. The molecule has 0 unspecified atom stereocenters. The fraction of sp³-hybridized carbons (Fsp3) is 0.391. The van der Waals surface area contributed by atoms with Crippen molar-refractivity contribution in [3.63, 3.8) is 0 Å². The van der Waals surface area contributed by atoms with Crippen LogP contribution in [0.1, 0.15) is 42.1 Å². The van der Waals surface area contributed by atoms with Crippen LogP contribution in [-0.4, -0.2) is 55.6 Å². The van der Waals surface area contributed by atoms with Crippen molar-refractivity contribution in [2.24, 2.45) is 0 Å². The smallest absolute Gasteiger partial charge is 0.252 e. The second kappa shape index (κ2) is 8.43. The lowest BCUT2D eigenvalue weighted by atomic mass is 9.71. The van der Waals surface area contributed by atoms with Gasteiger partial charge in [0.1, 0.15) is 0 Å². The highest BCUT2D eigenvalue weighted by Gasteiger charge is 2.40. The maximum Gasteiger partial charge on any atom is 0.252 e. The summed E-state index contributed by atoms with van der Waals surface area (Å²) in [6.45, 7) is 2.71. The maximum atomic E-state index is 13.1. The van der Waals surface area contributed by atoms with E-state index in [2.05, 4.69) is 5.32 Å². The van der Waals surface area contributed by atoms with Gasteiger partial charge in [-0.2, -0.15) is 4.31 Å². The van der Waals surface area contributed by atoms with Gasteiger partial charge in [0.25, 0.3) is 5.91 Å². The van der Waals surface area contributed by atoms with Gasteiger partial charge in [-0.1, -0.05) is 36.4 Å². The highest BCUT2D eigenvalue weighted by molar-refractivity contribution is 7.89. The highest BCUT2D eigenvalue weighted by Crippen LogP contribution is 2.41. The van der Waals surface area contributed by atoms with E-state index in [9.17, 15) is 18.0 Å². The lowest BCUT2D eigenvalue weighted by Gasteiger charge is -2.43. The van der Waals surface area contributed by atoms with E-state index in [0.29, 0.717) is 18.7 Å². The molecule has 31 heavy (non-hydrogen) atoms. The normalized spacial score (nSPS) is 18.8. The Bertz CT molecular complexity index is 1070. The lowest BCUT2D eigenvalue weighted by molar-refractivity contribution is -0.129. The van der Waals surface area contributed by atoms with Crippen LogP contribution in [-0.2, 0) is 20.4 Å². The average Bonchev–Trinajstić information content (AvgIpc) is 2.77. The van der Waals surface area contributed by atoms with Crippen molar-refractivity contribution in [3.05, 3.63) is 65.7 Å². The summed E-state index contributed by atoms with van der Waals surface area (Å²) >= 11 is 0. The van der Waals surface area contributed by atoms with E-state index in [-0.39, 0.29) is 29.8 Å². The fourth-order valence-corrected chi connectivity index (χ4v) is 5.72. The second-order valence-electron chi connectivity index (χ2n) is 8.19. The fourth-order valence-electron chi connectivity index (χ4n) is 4.25. The summed E-state index contributed by atoms with van der Waals surface area (Å²) in [6.07, 6.45) is 2.76. The third-order valence-corrected chi connectivity index (χ3v) is 8.20. The van der Waals surface area contributed by atoms with Crippen LogP contribution in [0.25, 0.3) is 0 Å². The Balaban J connectivity index is 1.52. The van der Waals surface area contributed by atoms with Crippen LogP contribution in [0, 0.1) is 0 Å². The van der Waals surface area contributed by atoms with Crippen LogP contribution >= 0.6 is 0 Å². The third kappa shape index (κ3) is 4.22. The largest absolute Gasteiger partial charge is 0.343 e. The molecule has 8 heteroatoms. The molecule has 2 fully saturated rings. The predicted octanol–water partition coefficient (Wildman–Crippen LogP) is 2.35. The number of hydrogen-bond acceptors (Lipinski definition) is 4. The molecule has 0 atom stereocenters. The van der Waals surface area contributed by atoms with Gasteiger partial charge in [0.15, 0.2) is 0 Å². The topological polar surface area (TPSA) is 86.8 Å². The Morgan fingerprint density at radius 1 is 0.935 bits per heavy atom. The van der Waals surface area contributed by atoms with Crippen LogP contribution in [0.15, 0.2) is 59.5 Å². The SMILES string of the molecule is CC(=O)N1CCN(S(=O)(=O)c2cccc(C(=O)NC3(c4ccccc4)CCC3)c2)CC1. The van der Waals surface area contributed by atoms with E-state index in [1.54, 1.807) is 17.0 Å². The van der Waals surface area contributed by atoms with Gasteiger partial charge in [-0.3, -0.25) is 9.59 Å². The Morgan fingerprint density at radius 3 is 2.19 bits per heavy atom. The van der Waals surface area contributed by atoms with Gasteiger partial charge in [-0.05, 0) is 43.0 Å². The number of sulfonamides is 1. The van der Waals surface area contributed by atoms with Crippen molar-refractivity contribution in [2.75, 3.05) is 26.2 Å². The van der Waals surface area contributed by atoms with Gasteiger partial charge in [0.2, 0.25) is 15.9 Å². The molecule has 0 radical (unpaired) electrons. The van der Waals surface area contributed by atoms with Gasteiger partial charge >= 0.3 is 0 Å². The zero-order chi connectivity index (χ0) is 22.1. The number of hydrogen-bond donors (Lipinski definition) is 1. The molecule has 0 aromatic heterocycles. The maximum absolute atomic E-state index is 13.1. The lowest BCUT2D eigenvalue weighted by Crippen LogP contribution is -2.51. The molecular formula is C23H27N3O4S. The molecule has 2 aliphatic rings. The Hall–Kier alpha value is -2.71. The van der Waals surface area contributed by atoms with Gasteiger partial charge in [-0.15, -0.1) is 0 Å². The number of nitrogens with zero attached hydrogens (tertiary/aromatic N) is 2. The molecule has 1 aliphatic heterocycles. The molecule has 2 aromatic carbocycles. The number of amides is 2. The van der Waals surface area contributed by atoms with Gasteiger partial charge in [0.05, 0.1) is 10.4 Å². The quantitative estimate of drug-likeness (QED) is 0.772. The molecule has 164 valence electrons. The van der Waals surface area contributed by atoms with Crippen LogP contribution in [0.2, 0.25) is 0 Å². The number of benzene rings is 2. The van der Waals surface area contributed by atoms with Crippen LogP contribution < -0.4 is 5.32 Å². The molecule has 1 heterocycles. The number of carbonyl (C=O) groups excluding carboxylic acids is 2. The Labute approximate surface area is 183 Å².